The van der Waals surface area contributed by atoms with Crippen molar-refractivity contribution in [2.45, 2.75) is 17.3 Å². The average Bonchev–Trinajstić information content (AvgIpc) is 2.40. The van der Waals surface area contributed by atoms with Crippen molar-refractivity contribution in [1.82, 2.24) is 19.6 Å². The molecule has 2 heterocycles. The van der Waals surface area contributed by atoms with Crippen LogP contribution >= 0.6 is 23.2 Å². The van der Waals surface area contributed by atoms with Crippen molar-refractivity contribution in [3.8, 4) is 0 Å². The second-order valence-electron chi connectivity index (χ2n) is 6.20. The molecule has 125 valence electrons. The topological polar surface area (TPSA) is 13.0 Å². The first-order chi connectivity index (χ1) is 9.47. The molecular formula is C14H28Cl2CoN4+2. The molecule has 2 atom stereocenters. The van der Waals surface area contributed by atoms with Gasteiger partial charge >= 0.3 is 16.8 Å². The van der Waals surface area contributed by atoms with E-state index < -0.39 is 4.46 Å². The van der Waals surface area contributed by atoms with Crippen LogP contribution in [0.4, 0.5) is 0 Å². The monoisotopic (exact) mass is 381 g/mol. The van der Waals surface area contributed by atoms with Crippen LogP contribution in [0.5, 0.6) is 0 Å². The maximum Gasteiger partial charge on any atom is 2.00 e. The fourth-order valence-corrected chi connectivity index (χ4v) is 3.42. The number of alkyl halides is 2. The van der Waals surface area contributed by atoms with Gasteiger partial charge in [0.1, 0.15) is 0 Å². The quantitative estimate of drug-likeness (QED) is 0.464. The van der Waals surface area contributed by atoms with Gasteiger partial charge in [-0.1, -0.05) is 23.2 Å². The Morgan fingerprint density at radius 2 is 1.29 bits per heavy atom. The molecule has 0 spiro atoms. The van der Waals surface area contributed by atoms with Gasteiger partial charge in [0.05, 0.1) is 0 Å². The summed E-state index contributed by atoms with van der Waals surface area (Å²) in [7, 11) is 4.35. The van der Waals surface area contributed by atoms with Crippen molar-refractivity contribution in [1.29, 1.82) is 0 Å². The number of halogens is 2. The average molecular weight is 382 g/mol. The summed E-state index contributed by atoms with van der Waals surface area (Å²) in [5, 5.41) is 0. The van der Waals surface area contributed by atoms with E-state index in [0.717, 1.165) is 58.8 Å². The summed E-state index contributed by atoms with van der Waals surface area (Å²) in [5.41, 5.74) is 0. The first-order valence-electron chi connectivity index (χ1n) is 7.70. The molecule has 2 aliphatic rings. The van der Waals surface area contributed by atoms with E-state index in [9.17, 15) is 0 Å². The second kappa shape index (κ2) is 9.28. The second-order valence-corrected chi connectivity index (χ2v) is 7.65. The molecule has 0 saturated carbocycles. The van der Waals surface area contributed by atoms with Crippen LogP contribution in [-0.2, 0) is 16.8 Å². The molecule has 2 fully saturated rings. The van der Waals surface area contributed by atoms with Crippen molar-refractivity contribution >= 4 is 23.2 Å². The molecule has 0 aromatic carbocycles. The molecule has 2 saturated heterocycles. The largest absolute Gasteiger partial charge is 2.00 e. The molecule has 0 amide bonds. The predicted octanol–water partition coefficient (Wildman–Crippen LogP) is 1.39. The molecule has 21 heavy (non-hydrogen) atoms. The van der Waals surface area contributed by atoms with Gasteiger partial charge in [0.2, 0.25) is 0 Å². The van der Waals surface area contributed by atoms with Crippen LogP contribution < -0.4 is 0 Å². The third-order valence-electron chi connectivity index (χ3n) is 4.51. The minimum Gasteiger partial charge on any atom is -0.305 e. The van der Waals surface area contributed by atoms with Crippen molar-refractivity contribution in [2.24, 2.45) is 0 Å². The Labute approximate surface area is 149 Å². The van der Waals surface area contributed by atoms with Crippen LogP contribution in [0.2, 0.25) is 0 Å². The van der Waals surface area contributed by atoms with Gasteiger partial charge in [-0.25, -0.2) is 0 Å². The molecular weight excluding hydrogens is 354 g/mol. The number of likely N-dealkylation sites (N-methyl/N-ethyl adjacent to an activating group) is 2. The number of nitrogens with zero attached hydrogens (tertiary/aromatic N) is 4. The fraction of sp³-hybridized carbons (Fsp3) is 1.00. The SMILES string of the molecule is CN1CCCN2CCN(C)CCC(Cl)(Cl)N(CC1)CC2.[Co+2]. The van der Waals surface area contributed by atoms with Gasteiger partial charge in [-0.2, -0.15) is 0 Å². The van der Waals surface area contributed by atoms with Gasteiger partial charge in [0, 0.05) is 52.2 Å². The van der Waals surface area contributed by atoms with Gasteiger partial charge in [0.15, 0.2) is 4.46 Å². The zero-order chi connectivity index (χ0) is 14.6. The minimum atomic E-state index is -0.739. The van der Waals surface area contributed by atoms with Gasteiger partial charge in [-0.05, 0) is 33.6 Å². The number of rotatable bonds is 0. The van der Waals surface area contributed by atoms with E-state index in [0.29, 0.717) is 0 Å². The van der Waals surface area contributed by atoms with Gasteiger partial charge in [-0.3, -0.25) is 4.90 Å². The number of hydrogen-bond donors (Lipinski definition) is 0. The molecule has 1 radical (unpaired) electrons. The van der Waals surface area contributed by atoms with Crippen LogP contribution in [0, 0.1) is 0 Å². The third-order valence-corrected chi connectivity index (χ3v) is 5.36. The van der Waals surface area contributed by atoms with E-state index in [1.807, 2.05) is 0 Å². The van der Waals surface area contributed by atoms with Crippen molar-refractivity contribution in [2.75, 3.05) is 73.0 Å². The molecule has 2 aliphatic heterocycles. The Kier molecular flexibility index (Phi) is 8.82. The molecule has 0 aromatic rings. The van der Waals surface area contributed by atoms with E-state index in [1.54, 1.807) is 0 Å². The summed E-state index contributed by atoms with van der Waals surface area (Å²) in [4.78, 5) is 9.54. The summed E-state index contributed by atoms with van der Waals surface area (Å²) in [6.45, 7) is 9.53. The molecule has 2 unspecified atom stereocenters. The van der Waals surface area contributed by atoms with E-state index in [2.05, 4.69) is 33.7 Å². The van der Waals surface area contributed by atoms with Crippen LogP contribution in [0.1, 0.15) is 12.8 Å². The van der Waals surface area contributed by atoms with E-state index in [-0.39, 0.29) is 16.8 Å². The fourth-order valence-electron chi connectivity index (χ4n) is 2.91. The molecule has 0 aliphatic carbocycles. The Balaban J connectivity index is 0.00000220. The summed E-state index contributed by atoms with van der Waals surface area (Å²) < 4.78 is -0.739. The van der Waals surface area contributed by atoms with Crippen molar-refractivity contribution in [3.05, 3.63) is 0 Å². The van der Waals surface area contributed by atoms with E-state index in [4.69, 9.17) is 23.2 Å². The summed E-state index contributed by atoms with van der Waals surface area (Å²) >= 11 is 13.3. The molecule has 7 heteroatoms. The smallest absolute Gasteiger partial charge is 0.305 e. The zero-order valence-electron chi connectivity index (χ0n) is 13.2. The zero-order valence-corrected chi connectivity index (χ0v) is 15.7. The number of hydrogen-bond acceptors (Lipinski definition) is 4. The first kappa shape index (κ1) is 20.0. The Morgan fingerprint density at radius 3 is 2.05 bits per heavy atom. The van der Waals surface area contributed by atoms with Gasteiger partial charge in [-0.15, -0.1) is 0 Å². The predicted molar refractivity (Wildman–Crippen MR) is 86.7 cm³/mol. The molecule has 0 N–H and O–H groups in total. The first-order valence-corrected chi connectivity index (χ1v) is 8.45. The van der Waals surface area contributed by atoms with Crippen LogP contribution in [-0.4, -0.2) is 97.1 Å². The normalized spacial score (nSPS) is 33.1. The third kappa shape index (κ3) is 6.51. The van der Waals surface area contributed by atoms with Crippen LogP contribution in [0.3, 0.4) is 0 Å². The van der Waals surface area contributed by atoms with Gasteiger partial charge < -0.3 is 14.7 Å². The molecule has 4 nitrogen and oxygen atoms in total. The van der Waals surface area contributed by atoms with Gasteiger partial charge in [0.25, 0.3) is 0 Å². The van der Waals surface area contributed by atoms with Crippen LogP contribution in [0.25, 0.3) is 0 Å². The summed E-state index contributed by atoms with van der Waals surface area (Å²) in [6, 6.07) is 0. The maximum atomic E-state index is 6.63. The van der Waals surface area contributed by atoms with Crippen molar-refractivity contribution < 1.29 is 16.8 Å². The Morgan fingerprint density at radius 1 is 0.714 bits per heavy atom. The Bertz CT molecular complexity index is 307. The molecule has 0 aromatic heterocycles. The van der Waals surface area contributed by atoms with E-state index in [1.165, 1.54) is 13.0 Å². The Hall–Kier alpha value is 0.926. The maximum absolute atomic E-state index is 6.63. The van der Waals surface area contributed by atoms with E-state index >= 15 is 0 Å². The molecule has 2 rings (SSSR count). The minimum absolute atomic E-state index is 0. The number of fused-ring (bicyclic) bond motifs is 3. The van der Waals surface area contributed by atoms with Crippen molar-refractivity contribution in [3.63, 3.8) is 0 Å². The summed E-state index contributed by atoms with van der Waals surface area (Å²) in [6.07, 6.45) is 2.05. The summed E-state index contributed by atoms with van der Waals surface area (Å²) in [5.74, 6) is 0. The molecule has 2 bridgehead atoms. The van der Waals surface area contributed by atoms with Crippen LogP contribution in [0.15, 0.2) is 0 Å². The standard InChI is InChI=1S/C14H28Cl2N4.Co/c1-17-5-3-6-19-10-8-18(2)7-4-14(15,16)20(12-9-17)13-11-19;/h3-13H2,1-2H3;/q;+2.